The van der Waals surface area contributed by atoms with Crippen LogP contribution in [0.5, 0.6) is 0 Å². The van der Waals surface area contributed by atoms with Crippen LogP contribution in [0.15, 0.2) is 30.3 Å². The number of rotatable bonds is 3. The van der Waals surface area contributed by atoms with Gasteiger partial charge in [0.15, 0.2) is 0 Å². The first-order valence-electron chi connectivity index (χ1n) is 7.56. The minimum absolute atomic E-state index is 0.0312. The van der Waals surface area contributed by atoms with Crippen LogP contribution in [-0.2, 0) is 16.1 Å². The maximum absolute atomic E-state index is 12.2. The van der Waals surface area contributed by atoms with Crippen LogP contribution in [0.3, 0.4) is 0 Å². The Balaban J connectivity index is 1.41. The molecule has 0 aromatic heterocycles. The molecule has 2 saturated heterocycles. The first-order valence-corrected chi connectivity index (χ1v) is 7.56. The van der Waals surface area contributed by atoms with Crippen molar-refractivity contribution in [3.63, 3.8) is 0 Å². The largest absolute Gasteiger partial charge is 0.445 e. The van der Waals surface area contributed by atoms with Crippen molar-refractivity contribution in [2.75, 3.05) is 26.2 Å². The fourth-order valence-corrected chi connectivity index (χ4v) is 2.79. The third kappa shape index (κ3) is 3.22. The van der Waals surface area contributed by atoms with E-state index in [1.54, 1.807) is 4.90 Å². The van der Waals surface area contributed by atoms with Gasteiger partial charge in [-0.05, 0) is 12.0 Å². The van der Waals surface area contributed by atoms with Crippen molar-refractivity contribution in [1.82, 2.24) is 9.80 Å². The molecule has 2 aliphatic rings. The number of amides is 2. The van der Waals surface area contributed by atoms with E-state index in [1.807, 2.05) is 30.3 Å². The second-order valence-electron chi connectivity index (χ2n) is 5.87. The molecule has 0 unspecified atom stereocenters. The van der Waals surface area contributed by atoms with E-state index in [9.17, 15) is 14.7 Å². The van der Waals surface area contributed by atoms with Crippen LogP contribution in [0.1, 0.15) is 12.0 Å². The number of likely N-dealkylation sites (tertiary alicyclic amines) is 2. The summed E-state index contributed by atoms with van der Waals surface area (Å²) < 4.78 is 5.22. The SMILES string of the molecule is O=C(OCc1ccccc1)N1CC(C(=O)N2CC[C@@H](O)C2)C1. The lowest BCUT2D eigenvalue weighted by Crippen LogP contribution is -2.56. The summed E-state index contributed by atoms with van der Waals surface area (Å²) in [5.74, 6) is -0.127. The van der Waals surface area contributed by atoms with Gasteiger partial charge in [-0.1, -0.05) is 30.3 Å². The predicted octanol–water partition coefficient (Wildman–Crippen LogP) is 0.848. The smallest absolute Gasteiger partial charge is 0.410 e. The Morgan fingerprint density at radius 1 is 1.14 bits per heavy atom. The molecule has 118 valence electrons. The zero-order chi connectivity index (χ0) is 15.5. The van der Waals surface area contributed by atoms with E-state index in [2.05, 4.69) is 0 Å². The van der Waals surface area contributed by atoms with Crippen LogP contribution in [-0.4, -0.2) is 59.2 Å². The summed E-state index contributed by atoms with van der Waals surface area (Å²) in [6.07, 6.45) is -0.147. The maximum atomic E-state index is 12.2. The molecule has 2 amide bonds. The first kappa shape index (κ1) is 14.8. The second-order valence-corrected chi connectivity index (χ2v) is 5.87. The van der Waals surface area contributed by atoms with Crippen molar-refractivity contribution < 1.29 is 19.4 Å². The number of ether oxygens (including phenoxy) is 1. The third-order valence-electron chi connectivity index (χ3n) is 4.17. The lowest BCUT2D eigenvalue weighted by atomic mass is 9.99. The van der Waals surface area contributed by atoms with E-state index in [0.717, 1.165) is 5.56 Å². The van der Waals surface area contributed by atoms with E-state index in [0.29, 0.717) is 32.6 Å². The van der Waals surface area contributed by atoms with Crippen molar-refractivity contribution in [2.24, 2.45) is 5.92 Å². The molecule has 0 radical (unpaired) electrons. The molecular weight excluding hydrogens is 284 g/mol. The molecule has 1 atom stereocenters. The Hall–Kier alpha value is -2.08. The van der Waals surface area contributed by atoms with Gasteiger partial charge in [0.25, 0.3) is 0 Å². The Morgan fingerprint density at radius 2 is 1.86 bits per heavy atom. The van der Waals surface area contributed by atoms with Gasteiger partial charge in [-0.25, -0.2) is 4.79 Å². The van der Waals surface area contributed by atoms with Crippen molar-refractivity contribution in [3.05, 3.63) is 35.9 Å². The Kier molecular flexibility index (Phi) is 4.29. The molecule has 0 saturated carbocycles. The number of carbonyl (C=O) groups excluding carboxylic acids is 2. The molecule has 2 aliphatic heterocycles. The molecule has 1 aromatic carbocycles. The van der Waals surface area contributed by atoms with Crippen molar-refractivity contribution in [1.29, 1.82) is 0 Å². The van der Waals surface area contributed by atoms with Crippen LogP contribution in [0.4, 0.5) is 4.79 Å². The number of benzene rings is 1. The van der Waals surface area contributed by atoms with Gasteiger partial charge in [0.05, 0.1) is 12.0 Å². The predicted molar refractivity (Wildman–Crippen MR) is 78.9 cm³/mol. The minimum atomic E-state index is -0.407. The summed E-state index contributed by atoms with van der Waals surface area (Å²) in [7, 11) is 0. The van der Waals surface area contributed by atoms with Gasteiger partial charge in [0.1, 0.15) is 6.61 Å². The standard InChI is InChI=1S/C16H20N2O4/c19-14-6-7-17(10-14)15(20)13-8-18(9-13)16(21)22-11-12-4-2-1-3-5-12/h1-5,13-14,19H,6-11H2/t14-/m1/s1. The van der Waals surface area contributed by atoms with Crippen LogP contribution >= 0.6 is 0 Å². The van der Waals surface area contributed by atoms with Crippen molar-refractivity contribution >= 4 is 12.0 Å². The highest BCUT2D eigenvalue weighted by molar-refractivity contribution is 5.82. The van der Waals surface area contributed by atoms with Gasteiger partial charge >= 0.3 is 6.09 Å². The Morgan fingerprint density at radius 3 is 2.50 bits per heavy atom. The monoisotopic (exact) mass is 304 g/mol. The van der Waals surface area contributed by atoms with Gasteiger partial charge in [-0.15, -0.1) is 0 Å². The number of hydrogen-bond donors (Lipinski definition) is 1. The maximum Gasteiger partial charge on any atom is 0.410 e. The van der Waals surface area contributed by atoms with E-state index < -0.39 is 6.10 Å². The first-order chi connectivity index (χ1) is 10.6. The van der Waals surface area contributed by atoms with Gasteiger partial charge in [-0.3, -0.25) is 4.79 Å². The van der Waals surface area contributed by atoms with Gasteiger partial charge in [0, 0.05) is 26.2 Å². The molecule has 0 bridgehead atoms. The summed E-state index contributed by atoms with van der Waals surface area (Å²) in [5, 5.41) is 9.46. The van der Waals surface area contributed by atoms with Gasteiger partial charge in [-0.2, -0.15) is 0 Å². The quantitative estimate of drug-likeness (QED) is 0.899. The highest BCUT2D eigenvalue weighted by atomic mass is 16.6. The van der Waals surface area contributed by atoms with Crippen LogP contribution < -0.4 is 0 Å². The third-order valence-corrected chi connectivity index (χ3v) is 4.17. The number of hydrogen-bond acceptors (Lipinski definition) is 4. The van der Waals surface area contributed by atoms with E-state index in [-0.39, 0.29) is 24.5 Å². The molecule has 6 nitrogen and oxygen atoms in total. The minimum Gasteiger partial charge on any atom is -0.445 e. The molecule has 0 aliphatic carbocycles. The fraction of sp³-hybridized carbons (Fsp3) is 0.500. The summed E-state index contributed by atoms with van der Waals surface area (Å²) in [5.41, 5.74) is 0.940. The second kappa shape index (κ2) is 6.36. The average Bonchev–Trinajstić information content (AvgIpc) is 2.91. The molecule has 2 heterocycles. The molecule has 1 aromatic rings. The number of aliphatic hydroxyl groups is 1. The van der Waals surface area contributed by atoms with Crippen LogP contribution in [0.25, 0.3) is 0 Å². The molecule has 3 rings (SSSR count). The number of aliphatic hydroxyl groups excluding tert-OH is 1. The van der Waals surface area contributed by atoms with E-state index in [1.165, 1.54) is 4.90 Å². The van der Waals surface area contributed by atoms with Gasteiger partial charge < -0.3 is 19.6 Å². The topological polar surface area (TPSA) is 70.1 Å². The molecule has 22 heavy (non-hydrogen) atoms. The Bertz CT molecular complexity index is 542. The molecular formula is C16H20N2O4. The fourth-order valence-electron chi connectivity index (χ4n) is 2.79. The van der Waals surface area contributed by atoms with Gasteiger partial charge in [0.2, 0.25) is 5.91 Å². The van der Waals surface area contributed by atoms with Crippen LogP contribution in [0, 0.1) is 5.92 Å². The highest BCUT2D eigenvalue weighted by Crippen LogP contribution is 2.22. The molecule has 1 N–H and O–H groups in total. The highest BCUT2D eigenvalue weighted by Gasteiger charge is 2.40. The lowest BCUT2D eigenvalue weighted by Gasteiger charge is -2.38. The summed E-state index contributed by atoms with van der Waals surface area (Å²) in [4.78, 5) is 27.3. The number of β-amino-alcohol motifs (C(OH)–C–C–N with tert-alkyl or cyclic N) is 1. The normalized spacial score (nSPS) is 21.6. The summed E-state index contributed by atoms with van der Waals surface area (Å²) in [6, 6.07) is 9.49. The van der Waals surface area contributed by atoms with E-state index >= 15 is 0 Å². The number of carbonyl (C=O) groups is 2. The zero-order valence-corrected chi connectivity index (χ0v) is 12.4. The number of nitrogens with zero attached hydrogens (tertiary/aromatic N) is 2. The van der Waals surface area contributed by atoms with Crippen molar-refractivity contribution in [2.45, 2.75) is 19.1 Å². The summed E-state index contributed by atoms with van der Waals surface area (Å²) >= 11 is 0. The van der Waals surface area contributed by atoms with Crippen LogP contribution in [0.2, 0.25) is 0 Å². The lowest BCUT2D eigenvalue weighted by molar-refractivity contribution is -0.139. The van der Waals surface area contributed by atoms with Crippen molar-refractivity contribution in [3.8, 4) is 0 Å². The average molecular weight is 304 g/mol. The summed E-state index contributed by atoms with van der Waals surface area (Å²) in [6.45, 7) is 2.06. The Labute approximate surface area is 129 Å². The zero-order valence-electron chi connectivity index (χ0n) is 12.4. The van der Waals surface area contributed by atoms with E-state index in [4.69, 9.17) is 4.74 Å². The molecule has 6 heteroatoms. The molecule has 2 fully saturated rings. The molecule has 0 spiro atoms.